The first-order valence-electron chi connectivity index (χ1n) is 8.28. The second-order valence-electron chi connectivity index (χ2n) is 6.10. The van der Waals surface area contributed by atoms with E-state index in [0.29, 0.717) is 24.5 Å². The zero-order valence-corrected chi connectivity index (χ0v) is 14.2. The van der Waals surface area contributed by atoms with E-state index in [4.69, 9.17) is 9.47 Å². The number of carbonyl (C=O) groups is 1. The van der Waals surface area contributed by atoms with Gasteiger partial charge >= 0.3 is 0 Å². The Hall–Kier alpha value is -2.49. The fraction of sp³-hybridized carbons (Fsp3) is 0.350. The van der Waals surface area contributed by atoms with E-state index >= 15 is 0 Å². The molecule has 0 bridgehead atoms. The summed E-state index contributed by atoms with van der Waals surface area (Å²) in [6, 6.07) is 12.1. The first kappa shape index (κ1) is 16.4. The Morgan fingerprint density at radius 2 is 1.71 bits per heavy atom. The molecule has 0 unspecified atom stereocenters. The molecule has 4 heteroatoms. The molecule has 0 radical (unpaired) electrons. The third kappa shape index (κ3) is 3.70. The van der Waals surface area contributed by atoms with Crippen LogP contribution in [-0.2, 0) is 30.6 Å². The molecule has 0 spiro atoms. The third-order valence-corrected chi connectivity index (χ3v) is 4.47. The summed E-state index contributed by atoms with van der Waals surface area (Å²) in [6.45, 7) is 0.569. The summed E-state index contributed by atoms with van der Waals surface area (Å²) < 4.78 is 10.5. The summed E-state index contributed by atoms with van der Waals surface area (Å²) in [5.41, 5.74) is 4.95. The van der Waals surface area contributed by atoms with Gasteiger partial charge in [0.2, 0.25) is 5.91 Å². The van der Waals surface area contributed by atoms with Gasteiger partial charge in [0.05, 0.1) is 20.6 Å². The third-order valence-electron chi connectivity index (χ3n) is 4.47. The normalized spacial score (nSPS) is 12.6. The SMILES string of the molecule is COc1ccc(CC(=O)NCc2ccc3c(c2)CCC3)cc1OC. The van der Waals surface area contributed by atoms with Gasteiger partial charge in [-0.2, -0.15) is 0 Å². The van der Waals surface area contributed by atoms with E-state index in [2.05, 4.69) is 23.5 Å². The lowest BCUT2D eigenvalue weighted by molar-refractivity contribution is -0.120. The molecule has 2 aromatic rings. The Labute approximate surface area is 142 Å². The number of hydrogen-bond acceptors (Lipinski definition) is 3. The molecular formula is C20H23NO3. The van der Waals surface area contributed by atoms with E-state index < -0.39 is 0 Å². The van der Waals surface area contributed by atoms with E-state index in [1.54, 1.807) is 14.2 Å². The number of benzene rings is 2. The van der Waals surface area contributed by atoms with Crippen LogP contribution in [0.5, 0.6) is 11.5 Å². The van der Waals surface area contributed by atoms with Crippen LogP contribution in [0.1, 0.15) is 28.7 Å². The molecule has 1 aliphatic carbocycles. The molecule has 2 aromatic carbocycles. The number of methoxy groups -OCH3 is 2. The lowest BCUT2D eigenvalue weighted by atomic mass is 10.1. The number of carbonyl (C=O) groups excluding carboxylic acids is 1. The van der Waals surface area contributed by atoms with Gasteiger partial charge in [-0.1, -0.05) is 24.3 Å². The van der Waals surface area contributed by atoms with E-state index in [9.17, 15) is 4.79 Å². The summed E-state index contributed by atoms with van der Waals surface area (Å²) in [4.78, 5) is 12.2. The molecule has 1 amide bonds. The van der Waals surface area contributed by atoms with Crippen molar-refractivity contribution in [2.45, 2.75) is 32.2 Å². The van der Waals surface area contributed by atoms with E-state index in [1.165, 1.54) is 24.0 Å². The molecule has 126 valence electrons. The lowest BCUT2D eigenvalue weighted by Crippen LogP contribution is -2.24. The van der Waals surface area contributed by atoms with Gasteiger partial charge in [-0.05, 0) is 53.6 Å². The van der Waals surface area contributed by atoms with Crippen molar-refractivity contribution in [3.8, 4) is 11.5 Å². The van der Waals surface area contributed by atoms with Crippen LogP contribution in [0, 0.1) is 0 Å². The second kappa shape index (κ2) is 7.39. The predicted molar refractivity (Wildman–Crippen MR) is 93.6 cm³/mol. The lowest BCUT2D eigenvalue weighted by Gasteiger charge is -2.10. The number of nitrogens with one attached hydrogen (secondary N) is 1. The average molecular weight is 325 g/mol. The monoisotopic (exact) mass is 325 g/mol. The van der Waals surface area contributed by atoms with Gasteiger partial charge in [0.1, 0.15) is 0 Å². The molecular weight excluding hydrogens is 302 g/mol. The summed E-state index contributed by atoms with van der Waals surface area (Å²) in [7, 11) is 3.19. The minimum Gasteiger partial charge on any atom is -0.493 e. The number of aryl methyl sites for hydroxylation is 2. The van der Waals surface area contributed by atoms with Crippen molar-refractivity contribution in [1.29, 1.82) is 0 Å². The van der Waals surface area contributed by atoms with Gasteiger partial charge in [0.25, 0.3) is 0 Å². The van der Waals surface area contributed by atoms with Gasteiger partial charge in [-0.3, -0.25) is 4.79 Å². The molecule has 0 aliphatic heterocycles. The van der Waals surface area contributed by atoms with Gasteiger partial charge in [0, 0.05) is 6.54 Å². The van der Waals surface area contributed by atoms with Gasteiger partial charge in [-0.25, -0.2) is 0 Å². The fourth-order valence-corrected chi connectivity index (χ4v) is 3.17. The Bertz CT molecular complexity index is 740. The van der Waals surface area contributed by atoms with Crippen LogP contribution in [-0.4, -0.2) is 20.1 Å². The number of fused-ring (bicyclic) bond motifs is 1. The average Bonchev–Trinajstić information content (AvgIpc) is 3.07. The number of ether oxygens (including phenoxy) is 2. The van der Waals surface area contributed by atoms with Crippen LogP contribution >= 0.6 is 0 Å². The largest absolute Gasteiger partial charge is 0.493 e. The molecule has 1 N–H and O–H groups in total. The summed E-state index contributed by atoms with van der Waals surface area (Å²) in [5, 5.41) is 2.99. The molecule has 24 heavy (non-hydrogen) atoms. The Morgan fingerprint density at radius 1 is 0.958 bits per heavy atom. The van der Waals surface area contributed by atoms with Crippen molar-refractivity contribution in [3.63, 3.8) is 0 Å². The molecule has 0 fully saturated rings. The standard InChI is InChI=1S/C20H23NO3/c1-23-18-9-7-14(11-19(18)24-2)12-20(22)21-13-15-6-8-16-4-3-5-17(16)10-15/h6-11H,3-5,12-13H2,1-2H3,(H,21,22). The highest BCUT2D eigenvalue weighted by atomic mass is 16.5. The predicted octanol–water partition coefficient (Wildman–Crippen LogP) is 3.05. The Morgan fingerprint density at radius 3 is 2.50 bits per heavy atom. The molecule has 3 rings (SSSR count). The number of hydrogen-bond donors (Lipinski definition) is 1. The van der Waals surface area contributed by atoms with Crippen LogP contribution in [0.4, 0.5) is 0 Å². The molecule has 1 aliphatic rings. The maximum absolute atomic E-state index is 12.2. The van der Waals surface area contributed by atoms with Crippen LogP contribution < -0.4 is 14.8 Å². The number of amides is 1. The van der Waals surface area contributed by atoms with Crippen molar-refractivity contribution < 1.29 is 14.3 Å². The van der Waals surface area contributed by atoms with E-state index in [-0.39, 0.29) is 5.91 Å². The number of rotatable bonds is 6. The van der Waals surface area contributed by atoms with Crippen LogP contribution in [0.15, 0.2) is 36.4 Å². The van der Waals surface area contributed by atoms with E-state index in [0.717, 1.165) is 17.5 Å². The topological polar surface area (TPSA) is 47.6 Å². The molecule has 0 aromatic heterocycles. The fourth-order valence-electron chi connectivity index (χ4n) is 3.17. The van der Waals surface area contributed by atoms with Crippen LogP contribution in [0.2, 0.25) is 0 Å². The van der Waals surface area contributed by atoms with Crippen molar-refractivity contribution >= 4 is 5.91 Å². The quantitative estimate of drug-likeness (QED) is 0.888. The molecule has 0 atom stereocenters. The maximum atomic E-state index is 12.2. The zero-order valence-electron chi connectivity index (χ0n) is 14.2. The highest BCUT2D eigenvalue weighted by Gasteiger charge is 2.12. The first-order valence-corrected chi connectivity index (χ1v) is 8.28. The van der Waals surface area contributed by atoms with Crippen molar-refractivity contribution in [1.82, 2.24) is 5.32 Å². The van der Waals surface area contributed by atoms with Crippen molar-refractivity contribution in [2.24, 2.45) is 0 Å². The summed E-state index contributed by atoms with van der Waals surface area (Å²) in [5.74, 6) is 1.31. The van der Waals surface area contributed by atoms with Crippen LogP contribution in [0.3, 0.4) is 0 Å². The van der Waals surface area contributed by atoms with Gasteiger partial charge < -0.3 is 14.8 Å². The molecule has 0 saturated carbocycles. The van der Waals surface area contributed by atoms with Gasteiger partial charge in [0.15, 0.2) is 11.5 Å². The summed E-state index contributed by atoms with van der Waals surface area (Å²) >= 11 is 0. The second-order valence-corrected chi connectivity index (χ2v) is 6.10. The minimum atomic E-state index is 0.00252. The van der Waals surface area contributed by atoms with Crippen molar-refractivity contribution in [2.75, 3.05) is 14.2 Å². The first-order chi connectivity index (χ1) is 11.7. The summed E-state index contributed by atoms with van der Waals surface area (Å²) in [6.07, 6.45) is 3.90. The smallest absolute Gasteiger partial charge is 0.224 e. The highest BCUT2D eigenvalue weighted by molar-refractivity contribution is 5.78. The molecule has 4 nitrogen and oxygen atoms in total. The van der Waals surface area contributed by atoms with Crippen molar-refractivity contribution in [3.05, 3.63) is 58.7 Å². The highest BCUT2D eigenvalue weighted by Crippen LogP contribution is 2.27. The minimum absolute atomic E-state index is 0.00252. The Kier molecular flexibility index (Phi) is 5.04. The van der Waals surface area contributed by atoms with Crippen LogP contribution in [0.25, 0.3) is 0 Å². The molecule has 0 heterocycles. The maximum Gasteiger partial charge on any atom is 0.224 e. The molecule has 0 saturated heterocycles. The van der Waals surface area contributed by atoms with Gasteiger partial charge in [-0.15, -0.1) is 0 Å². The Balaban J connectivity index is 1.58. The van der Waals surface area contributed by atoms with E-state index in [1.807, 2.05) is 18.2 Å². The zero-order chi connectivity index (χ0) is 16.9.